The molecule has 0 fully saturated rings. The molecule has 0 aliphatic rings. The molecule has 0 aliphatic heterocycles. The largest absolute Gasteiger partial charge is 0.465 e. The van der Waals surface area contributed by atoms with E-state index in [4.69, 9.17) is 5.73 Å². The Balaban J connectivity index is 2.27. The topological polar surface area (TPSA) is 74.3 Å². The molecule has 2 aromatic carbocycles. The van der Waals surface area contributed by atoms with E-state index in [9.17, 15) is 14.0 Å². The summed E-state index contributed by atoms with van der Waals surface area (Å²) >= 11 is 0. The molecular formula is C19H15FN2O3. The standard InChI is InChI=1S/C19H15FN2O3/c1-25-19(24)16-11-22(15-8-4-13(20)5-9-15)17(10-18(16)23)12-2-6-14(21)7-3-12/h2-11H,21H2,1H3. The molecule has 2 N–H and O–H groups in total. The molecule has 3 aromatic rings. The zero-order valence-corrected chi connectivity index (χ0v) is 13.4. The van der Waals surface area contributed by atoms with Crippen molar-refractivity contribution in [3.8, 4) is 16.9 Å². The SMILES string of the molecule is COC(=O)c1cn(-c2ccc(F)cc2)c(-c2ccc(N)cc2)cc1=O. The first-order valence-corrected chi connectivity index (χ1v) is 7.46. The molecule has 3 rings (SSSR count). The third-order valence-corrected chi connectivity index (χ3v) is 3.77. The Labute approximate surface area is 143 Å². The minimum absolute atomic E-state index is 0.106. The third kappa shape index (κ3) is 3.28. The molecule has 1 aromatic heterocycles. The van der Waals surface area contributed by atoms with Crippen LogP contribution in [0.4, 0.5) is 10.1 Å². The molecule has 1 heterocycles. The quantitative estimate of drug-likeness (QED) is 0.588. The Hall–Kier alpha value is -3.41. The van der Waals surface area contributed by atoms with Gasteiger partial charge in [-0.15, -0.1) is 0 Å². The van der Waals surface area contributed by atoms with E-state index in [-0.39, 0.29) is 11.4 Å². The van der Waals surface area contributed by atoms with E-state index in [1.165, 1.54) is 31.5 Å². The van der Waals surface area contributed by atoms with Crippen LogP contribution in [0.2, 0.25) is 0 Å². The number of carbonyl (C=O) groups excluding carboxylic acids is 1. The zero-order valence-electron chi connectivity index (χ0n) is 13.4. The number of esters is 1. The molecule has 0 amide bonds. The maximum absolute atomic E-state index is 13.2. The van der Waals surface area contributed by atoms with Crippen molar-refractivity contribution in [2.24, 2.45) is 0 Å². The fourth-order valence-corrected chi connectivity index (χ4v) is 2.49. The van der Waals surface area contributed by atoms with Crippen molar-refractivity contribution in [2.75, 3.05) is 12.8 Å². The molecule has 0 saturated carbocycles. The Bertz CT molecular complexity index is 977. The molecule has 0 atom stereocenters. The van der Waals surface area contributed by atoms with E-state index in [1.807, 2.05) is 0 Å². The van der Waals surface area contributed by atoms with Crippen LogP contribution in [0.5, 0.6) is 0 Å². The van der Waals surface area contributed by atoms with Gasteiger partial charge in [0.05, 0.1) is 12.8 Å². The summed E-state index contributed by atoms with van der Waals surface area (Å²) in [4.78, 5) is 24.2. The van der Waals surface area contributed by atoms with E-state index in [0.29, 0.717) is 17.1 Å². The summed E-state index contributed by atoms with van der Waals surface area (Å²) in [6.45, 7) is 0. The molecule has 126 valence electrons. The number of nitrogen functional groups attached to an aromatic ring is 1. The molecule has 0 radical (unpaired) electrons. The highest BCUT2D eigenvalue weighted by molar-refractivity contribution is 5.89. The van der Waals surface area contributed by atoms with Gasteiger partial charge in [-0.2, -0.15) is 0 Å². The normalized spacial score (nSPS) is 10.5. The minimum atomic E-state index is -0.732. The second-order valence-corrected chi connectivity index (χ2v) is 5.40. The lowest BCUT2D eigenvalue weighted by Crippen LogP contribution is -2.19. The van der Waals surface area contributed by atoms with Gasteiger partial charge in [-0.25, -0.2) is 9.18 Å². The number of nitrogens with zero attached hydrogens (tertiary/aromatic N) is 1. The highest BCUT2D eigenvalue weighted by Crippen LogP contribution is 2.23. The number of pyridine rings is 1. The van der Waals surface area contributed by atoms with E-state index in [2.05, 4.69) is 4.74 Å². The number of carbonyl (C=O) groups is 1. The Kier molecular flexibility index (Phi) is 4.35. The number of methoxy groups -OCH3 is 1. The average molecular weight is 338 g/mol. The summed E-state index contributed by atoms with van der Waals surface area (Å²) in [7, 11) is 1.21. The van der Waals surface area contributed by atoms with E-state index < -0.39 is 11.4 Å². The number of anilines is 1. The van der Waals surface area contributed by atoms with Crippen LogP contribution >= 0.6 is 0 Å². The van der Waals surface area contributed by atoms with Crippen molar-refractivity contribution in [3.63, 3.8) is 0 Å². The summed E-state index contributed by atoms with van der Waals surface area (Å²) < 4.78 is 19.5. The third-order valence-electron chi connectivity index (χ3n) is 3.77. The van der Waals surface area contributed by atoms with Crippen LogP contribution in [0.1, 0.15) is 10.4 Å². The molecule has 0 unspecified atom stereocenters. The summed E-state index contributed by atoms with van der Waals surface area (Å²) in [5, 5.41) is 0. The number of benzene rings is 2. The number of halogens is 1. The van der Waals surface area contributed by atoms with Crippen molar-refractivity contribution in [3.05, 3.63) is 82.4 Å². The van der Waals surface area contributed by atoms with Gasteiger partial charge in [-0.05, 0) is 42.0 Å². The van der Waals surface area contributed by atoms with Crippen molar-refractivity contribution in [1.82, 2.24) is 4.57 Å². The lowest BCUT2D eigenvalue weighted by molar-refractivity contribution is 0.0598. The highest BCUT2D eigenvalue weighted by Gasteiger charge is 2.16. The maximum atomic E-state index is 13.2. The van der Waals surface area contributed by atoms with Gasteiger partial charge in [-0.3, -0.25) is 4.79 Å². The summed E-state index contributed by atoms with van der Waals surface area (Å²) in [6.07, 6.45) is 1.40. The number of rotatable bonds is 3. The van der Waals surface area contributed by atoms with Gasteiger partial charge in [0.2, 0.25) is 0 Å². The number of ether oxygens (including phenoxy) is 1. The second-order valence-electron chi connectivity index (χ2n) is 5.40. The van der Waals surface area contributed by atoms with E-state index in [0.717, 1.165) is 5.56 Å². The van der Waals surface area contributed by atoms with Crippen molar-refractivity contribution < 1.29 is 13.9 Å². The van der Waals surface area contributed by atoms with Gasteiger partial charge >= 0.3 is 5.97 Å². The van der Waals surface area contributed by atoms with Crippen LogP contribution in [0.15, 0.2) is 65.6 Å². The van der Waals surface area contributed by atoms with Crippen LogP contribution in [-0.4, -0.2) is 17.6 Å². The number of nitrogens with two attached hydrogens (primary N) is 1. The lowest BCUT2D eigenvalue weighted by Gasteiger charge is -2.15. The lowest BCUT2D eigenvalue weighted by atomic mass is 10.1. The first-order valence-electron chi connectivity index (χ1n) is 7.46. The highest BCUT2D eigenvalue weighted by atomic mass is 19.1. The van der Waals surface area contributed by atoms with Crippen LogP contribution in [0.3, 0.4) is 0 Å². The Morgan fingerprint density at radius 2 is 1.72 bits per heavy atom. The van der Waals surface area contributed by atoms with Crippen molar-refractivity contribution >= 4 is 11.7 Å². The Morgan fingerprint density at radius 3 is 2.32 bits per heavy atom. The molecular weight excluding hydrogens is 323 g/mol. The molecule has 0 aliphatic carbocycles. The molecule has 0 spiro atoms. The Morgan fingerprint density at radius 1 is 1.08 bits per heavy atom. The van der Waals surface area contributed by atoms with Crippen LogP contribution in [0, 0.1) is 5.82 Å². The molecule has 0 saturated heterocycles. The number of aromatic nitrogens is 1. The minimum Gasteiger partial charge on any atom is -0.465 e. The molecule has 6 heteroatoms. The monoisotopic (exact) mass is 338 g/mol. The first kappa shape index (κ1) is 16.4. The molecule has 25 heavy (non-hydrogen) atoms. The van der Waals surface area contributed by atoms with Gasteiger partial charge in [0, 0.05) is 23.6 Å². The molecule has 0 bridgehead atoms. The van der Waals surface area contributed by atoms with Gasteiger partial charge in [0.25, 0.3) is 0 Å². The number of hydrogen-bond acceptors (Lipinski definition) is 4. The van der Waals surface area contributed by atoms with E-state index in [1.54, 1.807) is 41.0 Å². The summed E-state index contributed by atoms with van der Waals surface area (Å²) in [6, 6.07) is 14.0. The fourth-order valence-electron chi connectivity index (χ4n) is 2.49. The van der Waals surface area contributed by atoms with E-state index >= 15 is 0 Å². The first-order chi connectivity index (χ1) is 12.0. The summed E-state index contributed by atoms with van der Waals surface area (Å²) in [5.74, 6) is -1.11. The van der Waals surface area contributed by atoms with Gasteiger partial charge in [0.1, 0.15) is 11.4 Å². The van der Waals surface area contributed by atoms with Crippen molar-refractivity contribution in [1.29, 1.82) is 0 Å². The zero-order chi connectivity index (χ0) is 18.0. The van der Waals surface area contributed by atoms with Crippen LogP contribution in [-0.2, 0) is 4.74 Å². The smallest absolute Gasteiger partial charge is 0.343 e. The van der Waals surface area contributed by atoms with Crippen molar-refractivity contribution in [2.45, 2.75) is 0 Å². The number of hydrogen-bond donors (Lipinski definition) is 1. The van der Waals surface area contributed by atoms with Crippen LogP contribution < -0.4 is 11.2 Å². The van der Waals surface area contributed by atoms with Gasteiger partial charge in [-0.1, -0.05) is 12.1 Å². The second kappa shape index (κ2) is 6.60. The van der Waals surface area contributed by atoms with Crippen LogP contribution in [0.25, 0.3) is 16.9 Å². The fraction of sp³-hybridized carbons (Fsp3) is 0.0526. The van der Waals surface area contributed by atoms with Gasteiger partial charge < -0.3 is 15.0 Å². The van der Waals surface area contributed by atoms with Gasteiger partial charge in [0.15, 0.2) is 5.43 Å². The predicted octanol–water partition coefficient (Wildman–Crippen LogP) is 3.01. The predicted molar refractivity (Wildman–Crippen MR) is 93.2 cm³/mol. The summed E-state index contributed by atoms with van der Waals surface area (Å²) in [5.41, 5.74) is 7.60. The average Bonchev–Trinajstić information content (AvgIpc) is 2.62. The maximum Gasteiger partial charge on any atom is 0.343 e. The molecule has 5 nitrogen and oxygen atoms in total.